The summed E-state index contributed by atoms with van der Waals surface area (Å²) in [5.41, 5.74) is -0.00601. The number of halogens is 2. The molecule has 2 saturated heterocycles. The summed E-state index contributed by atoms with van der Waals surface area (Å²) in [7, 11) is 0. The van der Waals surface area contributed by atoms with Crippen molar-refractivity contribution in [1.29, 1.82) is 5.26 Å². The number of pyridine rings is 1. The summed E-state index contributed by atoms with van der Waals surface area (Å²) in [6.07, 6.45) is 17.5. The molecule has 2 aromatic carbocycles. The average Bonchev–Trinajstić information content (AvgIpc) is 3.40. The highest BCUT2D eigenvalue weighted by molar-refractivity contribution is 6.03. The average molecular weight is 693 g/mol. The molecule has 2 saturated carbocycles. The summed E-state index contributed by atoms with van der Waals surface area (Å²) < 4.78 is 44.2. The van der Waals surface area contributed by atoms with E-state index in [0.717, 1.165) is 70.8 Å². The number of ether oxygens (including phenoxy) is 2. The summed E-state index contributed by atoms with van der Waals surface area (Å²) in [6.45, 7) is 3.84. The number of likely N-dealkylation sites (tertiary alicyclic amines) is 1. The van der Waals surface area contributed by atoms with Crippen molar-refractivity contribution in [1.82, 2.24) is 19.9 Å². The first-order valence-electron chi connectivity index (χ1n) is 18.3. The van der Waals surface area contributed by atoms with E-state index >= 15 is 4.39 Å². The van der Waals surface area contributed by atoms with Crippen LogP contribution in [-0.2, 0) is 4.74 Å². The van der Waals surface area contributed by atoms with Crippen molar-refractivity contribution in [2.45, 2.75) is 76.3 Å². The molecular formula is C40H42F2N6O3. The van der Waals surface area contributed by atoms with Gasteiger partial charge in [-0.15, -0.1) is 6.42 Å². The SMILES string of the molecule is C#Cc1c(F)ccc2cc(O)cc(-c3ncc4c(N5CCCOCC5)nc(OC[C@]56CCC[C@H]5N(C5CCC(C#N)CC5)CCC6)nc4c3F)c12. The number of aromatic nitrogens is 3. The second-order valence-corrected chi connectivity index (χ2v) is 14.7. The number of rotatable bonds is 6. The molecule has 9 nitrogen and oxygen atoms in total. The van der Waals surface area contributed by atoms with Gasteiger partial charge in [-0.1, -0.05) is 18.4 Å². The Balaban J connectivity index is 1.18. The standard InChI is InChI=1S/C40H42F2N6O3/c1-2-29-32(41)12-9-26-20-28(49)21-30(34(26)29)36-35(42)37-31(23-44-36)38(47-15-5-18-50-19-17-47)46-39(45-37)51-24-40-13-3-6-33(40)48(16-4-14-40)27-10-7-25(22-43)8-11-27/h1,9,12,20-21,23,25,27,33,49H,3-8,10-11,13-19,24H2/t25?,27?,33-,40-/m1/s1. The Bertz CT molecular complexity index is 2050. The second kappa shape index (κ2) is 13.9. The molecule has 4 aliphatic rings. The maximum Gasteiger partial charge on any atom is 0.319 e. The molecule has 2 aliphatic carbocycles. The van der Waals surface area contributed by atoms with Crippen LogP contribution >= 0.6 is 0 Å². The van der Waals surface area contributed by atoms with Crippen LogP contribution in [-0.4, -0.2) is 76.5 Å². The van der Waals surface area contributed by atoms with Crippen molar-refractivity contribution in [3.8, 4) is 41.4 Å². The van der Waals surface area contributed by atoms with Crippen molar-refractivity contribution in [2.75, 3.05) is 44.4 Å². The van der Waals surface area contributed by atoms with E-state index in [1.54, 1.807) is 0 Å². The van der Waals surface area contributed by atoms with E-state index in [2.05, 4.69) is 26.8 Å². The van der Waals surface area contributed by atoms with Gasteiger partial charge in [0.1, 0.15) is 28.6 Å². The number of hydrogen-bond donors (Lipinski definition) is 1. The predicted molar refractivity (Wildman–Crippen MR) is 190 cm³/mol. The third-order valence-electron chi connectivity index (χ3n) is 11.8. The van der Waals surface area contributed by atoms with E-state index in [9.17, 15) is 14.8 Å². The van der Waals surface area contributed by atoms with Gasteiger partial charge < -0.3 is 19.5 Å². The monoisotopic (exact) mass is 692 g/mol. The van der Waals surface area contributed by atoms with Gasteiger partial charge in [-0.25, -0.2) is 8.78 Å². The molecule has 0 unspecified atom stereocenters. The third-order valence-corrected chi connectivity index (χ3v) is 11.8. The van der Waals surface area contributed by atoms with Crippen molar-refractivity contribution in [3.05, 3.63) is 47.7 Å². The summed E-state index contributed by atoms with van der Waals surface area (Å²) in [5.74, 6) is 1.60. The van der Waals surface area contributed by atoms with E-state index in [1.807, 2.05) is 0 Å². The minimum absolute atomic E-state index is 0.0281. The molecule has 1 N–H and O–H groups in total. The molecule has 2 atom stereocenters. The highest BCUT2D eigenvalue weighted by Crippen LogP contribution is 2.50. The normalized spacial score (nSPS) is 25.6. The van der Waals surface area contributed by atoms with Crippen LogP contribution in [0.2, 0.25) is 0 Å². The van der Waals surface area contributed by atoms with E-state index in [0.29, 0.717) is 61.6 Å². The molecule has 0 bridgehead atoms. The lowest BCUT2D eigenvalue weighted by Crippen LogP contribution is -2.56. The van der Waals surface area contributed by atoms with Gasteiger partial charge in [-0.3, -0.25) is 9.88 Å². The van der Waals surface area contributed by atoms with Crippen molar-refractivity contribution < 1.29 is 23.4 Å². The first-order chi connectivity index (χ1) is 24.9. The largest absolute Gasteiger partial charge is 0.508 e. The molecule has 4 heterocycles. The van der Waals surface area contributed by atoms with E-state index in [-0.39, 0.29) is 50.8 Å². The van der Waals surface area contributed by atoms with Crippen LogP contribution in [0.25, 0.3) is 32.9 Å². The zero-order chi connectivity index (χ0) is 35.1. The molecule has 4 fully saturated rings. The first-order valence-corrected chi connectivity index (χ1v) is 18.3. The number of hydrogen-bond acceptors (Lipinski definition) is 9. The van der Waals surface area contributed by atoms with Gasteiger partial charge >= 0.3 is 6.01 Å². The minimum Gasteiger partial charge on any atom is -0.508 e. The van der Waals surface area contributed by atoms with Gasteiger partial charge in [0.25, 0.3) is 0 Å². The number of aromatic hydroxyl groups is 1. The Morgan fingerprint density at radius 1 is 1.02 bits per heavy atom. The predicted octanol–water partition coefficient (Wildman–Crippen LogP) is 7.13. The molecule has 8 rings (SSSR count). The zero-order valence-corrected chi connectivity index (χ0v) is 28.7. The smallest absolute Gasteiger partial charge is 0.319 e. The van der Waals surface area contributed by atoms with Gasteiger partial charge in [0.15, 0.2) is 5.82 Å². The summed E-state index contributed by atoms with van der Waals surface area (Å²) in [4.78, 5) is 18.9. The van der Waals surface area contributed by atoms with Gasteiger partial charge in [0, 0.05) is 60.3 Å². The van der Waals surface area contributed by atoms with Crippen LogP contribution in [0.15, 0.2) is 30.5 Å². The molecule has 0 radical (unpaired) electrons. The van der Waals surface area contributed by atoms with Crippen molar-refractivity contribution in [2.24, 2.45) is 11.3 Å². The van der Waals surface area contributed by atoms with Crippen LogP contribution in [0.1, 0.15) is 69.8 Å². The molecule has 0 amide bonds. The van der Waals surface area contributed by atoms with Crippen LogP contribution in [0, 0.1) is 46.6 Å². The fourth-order valence-electron chi connectivity index (χ4n) is 9.35. The molecule has 11 heteroatoms. The zero-order valence-electron chi connectivity index (χ0n) is 28.7. The quantitative estimate of drug-likeness (QED) is 0.211. The molecule has 2 aliphatic heterocycles. The number of nitriles is 1. The summed E-state index contributed by atoms with van der Waals surface area (Å²) in [6, 6.07) is 8.99. The van der Waals surface area contributed by atoms with Crippen molar-refractivity contribution in [3.63, 3.8) is 0 Å². The van der Waals surface area contributed by atoms with E-state index in [1.165, 1.54) is 30.5 Å². The highest BCUT2D eigenvalue weighted by Gasteiger charge is 2.50. The Morgan fingerprint density at radius 2 is 1.86 bits per heavy atom. The number of piperidine rings is 1. The highest BCUT2D eigenvalue weighted by atomic mass is 19.1. The second-order valence-electron chi connectivity index (χ2n) is 14.7. The molecule has 2 aromatic heterocycles. The number of anilines is 1. The number of phenolic OH excluding ortho intramolecular Hbond substituents is 1. The summed E-state index contributed by atoms with van der Waals surface area (Å²) in [5, 5.41) is 21.2. The number of nitrogens with zero attached hydrogens (tertiary/aromatic N) is 6. The lowest BCUT2D eigenvalue weighted by Gasteiger charge is -2.50. The molecule has 51 heavy (non-hydrogen) atoms. The topological polar surface area (TPSA) is 108 Å². The van der Waals surface area contributed by atoms with Gasteiger partial charge in [-0.05, 0) is 87.9 Å². The maximum absolute atomic E-state index is 17.0. The van der Waals surface area contributed by atoms with Gasteiger partial charge in [0.2, 0.25) is 0 Å². The van der Waals surface area contributed by atoms with Crippen LogP contribution in [0.5, 0.6) is 11.8 Å². The molecule has 0 spiro atoms. The number of terminal acetylenes is 1. The lowest BCUT2D eigenvalue weighted by atomic mass is 9.74. The van der Waals surface area contributed by atoms with Crippen LogP contribution < -0.4 is 9.64 Å². The fraction of sp³-hybridized carbons (Fsp3) is 0.500. The van der Waals surface area contributed by atoms with Gasteiger partial charge in [-0.2, -0.15) is 15.2 Å². The summed E-state index contributed by atoms with van der Waals surface area (Å²) >= 11 is 0. The molecular weight excluding hydrogens is 650 g/mol. The first kappa shape index (κ1) is 33.6. The van der Waals surface area contributed by atoms with Gasteiger partial charge in [0.05, 0.1) is 30.2 Å². The third kappa shape index (κ3) is 6.11. The molecule has 4 aromatic rings. The minimum atomic E-state index is -0.736. The maximum atomic E-state index is 17.0. The fourth-order valence-corrected chi connectivity index (χ4v) is 9.35. The Morgan fingerprint density at radius 3 is 2.69 bits per heavy atom. The number of benzene rings is 2. The Labute approximate surface area is 296 Å². The van der Waals surface area contributed by atoms with Crippen molar-refractivity contribution >= 4 is 27.5 Å². The van der Waals surface area contributed by atoms with Crippen LogP contribution in [0.3, 0.4) is 0 Å². The van der Waals surface area contributed by atoms with E-state index in [4.69, 9.17) is 25.9 Å². The molecule has 264 valence electrons. The number of phenols is 1. The Hall–Kier alpha value is -4.58. The Kier molecular flexibility index (Phi) is 9.12. The van der Waals surface area contributed by atoms with E-state index < -0.39 is 11.6 Å². The van der Waals surface area contributed by atoms with Crippen LogP contribution in [0.4, 0.5) is 14.6 Å². The lowest BCUT2D eigenvalue weighted by molar-refractivity contribution is -0.0317. The number of fused-ring (bicyclic) bond motifs is 3.